The van der Waals surface area contributed by atoms with Crippen LogP contribution in [-0.2, 0) is 14.4 Å². The molecule has 180 valence electrons. The predicted molar refractivity (Wildman–Crippen MR) is 126 cm³/mol. The lowest BCUT2D eigenvalue weighted by Gasteiger charge is -2.28. The van der Waals surface area contributed by atoms with Gasteiger partial charge in [-0.1, -0.05) is 42.0 Å². The number of aryl methyl sites for hydroxylation is 1. The van der Waals surface area contributed by atoms with Crippen LogP contribution in [0.4, 0.5) is 11.4 Å². The maximum Gasteiger partial charge on any atom is 0.271 e. The lowest BCUT2D eigenvalue weighted by molar-refractivity contribution is -0.384. The van der Waals surface area contributed by atoms with Crippen molar-refractivity contribution in [3.05, 3.63) is 75.9 Å². The first-order chi connectivity index (χ1) is 16.8. The average Bonchev–Trinajstić information content (AvgIpc) is 3.52. The van der Waals surface area contributed by atoms with Crippen molar-refractivity contribution in [1.82, 2.24) is 4.90 Å². The molecular formula is C26H25N3O6. The topological polar surface area (TPSA) is 119 Å². The van der Waals surface area contributed by atoms with Gasteiger partial charge in [-0.25, -0.2) is 0 Å². The summed E-state index contributed by atoms with van der Waals surface area (Å²) in [6.45, 7) is 1.93. The van der Waals surface area contributed by atoms with Crippen molar-refractivity contribution < 1.29 is 24.0 Å². The Balaban J connectivity index is 1.44. The number of benzene rings is 2. The van der Waals surface area contributed by atoms with Crippen LogP contribution in [0.5, 0.6) is 5.75 Å². The number of ether oxygens (including phenoxy) is 1. The van der Waals surface area contributed by atoms with Crippen molar-refractivity contribution >= 4 is 29.1 Å². The second kappa shape index (κ2) is 8.65. The van der Waals surface area contributed by atoms with Crippen LogP contribution in [0, 0.1) is 40.7 Å². The van der Waals surface area contributed by atoms with Gasteiger partial charge in [0, 0.05) is 12.1 Å². The number of anilines is 1. The fourth-order valence-corrected chi connectivity index (χ4v) is 5.66. The van der Waals surface area contributed by atoms with Gasteiger partial charge in [-0.05, 0) is 36.8 Å². The third-order valence-electron chi connectivity index (χ3n) is 7.32. The Kier molecular flexibility index (Phi) is 5.62. The van der Waals surface area contributed by atoms with Gasteiger partial charge in [-0.3, -0.25) is 29.4 Å². The summed E-state index contributed by atoms with van der Waals surface area (Å²) >= 11 is 0. The van der Waals surface area contributed by atoms with Crippen LogP contribution in [0.15, 0.2) is 54.6 Å². The molecule has 1 saturated carbocycles. The number of rotatable bonds is 7. The Bertz CT molecular complexity index is 1220. The molecule has 5 atom stereocenters. The first-order valence-electron chi connectivity index (χ1n) is 11.5. The summed E-state index contributed by atoms with van der Waals surface area (Å²) < 4.78 is 5.24. The van der Waals surface area contributed by atoms with Crippen LogP contribution in [0.3, 0.4) is 0 Å². The Hall–Kier alpha value is -4.01. The van der Waals surface area contributed by atoms with E-state index in [1.807, 2.05) is 43.3 Å². The van der Waals surface area contributed by atoms with Crippen LogP contribution >= 0.6 is 0 Å². The molecule has 2 aliphatic carbocycles. The highest BCUT2D eigenvalue weighted by Crippen LogP contribution is 2.54. The van der Waals surface area contributed by atoms with Crippen molar-refractivity contribution in [2.75, 3.05) is 12.4 Å². The summed E-state index contributed by atoms with van der Waals surface area (Å²) in [5, 5.41) is 13.9. The summed E-state index contributed by atoms with van der Waals surface area (Å²) in [7, 11) is 1.40. The Morgan fingerprint density at radius 2 is 1.74 bits per heavy atom. The molecule has 0 spiro atoms. The minimum atomic E-state index is -0.787. The normalized spacial score (nSPS) is 25.0. The van der Waals surface area contributed by atoms with Gasteiger partial charge in [0.1, 0.15) is 5.75 Å². The summed E-state index contributed by atoms with van der Waals surface area (Å²) in [5.41, 5.74) is 1.64. The predicted octanol–water partition coefficient (Wildman–Crippen LogP) is 3.79. The Labute approximate surface area is 201 Å². The van der Waals surface area contributed by atoms with Crippen molar-refractivity contribution in [3.8, 4) is 5.75 Å². The Morgan fingerprint density at radius 1 is 1.11 bits per heavy atom. The highest BCUT2D eigenvalue weighted by atomic mass is 16.6. The number of nitrogens with one attached hydrogen (secondary N) is 1. The molecule has 1 heterocycles. The average molecular weight is 476 g/mol. The molecule has 0 radical (unpaired) electrons. The molecule has 2 fully saturated rings. The number of hydrogen-bond acceptors (Lipinski definition) is 6. The van der Waals surface area contributed by atoms with E-state index >= 15 is 0 Å². The van der Waals surface area contributed by atoms with Crippen molar-refractivity contribution in [3.63, 3.8) is 0 Å². The van der Waals surface area contributed by atoms with E-state index in [1.165, 1.54) is 30.2 Å². The fraction of sp³-hybridized carbons (Fsp3) is 0.346. The van der Waals surface area contributed by atoms with Crippen LogP contribution in [0.2, 0.25) is 0 Å². The zero-order valence-electron chi connectivity index (χ0n) is 19.3. The summed E-state index contributed by atoms with van der Waals surface area (Å²) in [5.74, 6) is -1.31. The second-order valence-electron chi connectivity index (χ2n) is 9.37. The molecule has 3 aliphatic rings. The van der Waals surface area contributed by atoms with Crippen LogP contribution in [0.25, 0.3) is 0 Å². The van der Waals surface area contributed by atoms with Crippen LogP contribution in [-0.4, -0.2) is 34.7 Å². The van der Waals surface area contributed by atoms with E-state index in [0.29, 0.717) is 5.56 Å². The van der Waals surface area contributed by atoms with Gasteiger partial charge in [0.25, 0.3) is 5.69 Å². The largest absolute Gasteiger partial charge is 0.495 e. The SMILES string of the molecule is COc1ccc([N+](=O)[O-])cc1NC(=O)CC(c1ccc(C)cc1)N1C(=O)C2C3C=CC(C3)C2C1=O. The number of carbonyl (C=O) groups excluding carboxylic acids is 3. The standard InChI is InChI=1S/C26H25N3O6/c1-14-3-5-15(6-4-14)20(28-25(31)23-16-7-8-17(11-16)24(23)26(28)32)13-22(30)27-19-12-18(29(33)34)9-10-21(19)35-2/h3-10,12,16-17,20,23-24H,11,13H2,1-2H3,(H,27,30). The molecule has 9 nitrogen and oxygen atoms in total. The van der Waals surface area contributed by atoms with Gasteiger partial charge in [0.15, 0.2) is 0 Å². The van der Waals surface area contributed by atoms with E-state index in [9.17, 15) is 24.5 Å². The zero-order chi connectivity index (χ0) is 24.9. The van der Waals surface area contributed by atoms with E-state index in [1.54, 1.807) is 0 Å². The number of likely N-dealkylation sites (tertiary alicyclic amines) is 1. The van der Waals surface area contributed by atoms with E-state index in [2.05, 4.69) is 5.32 Å². The second-order valence-corrected chi connectivity index (χ2v) is 9.37. The molecule has 1 aliphatic heterocycles. The molecule has 5 rings (SSSR count). The number of amides is 3. The van der Waals surface area contributed by atoms with E-state index in [0.717, 1.165) is 12.0 Å². The number of hydrogen-bond donors (Lipinski definition) is 1. The van der Waals surface area contributed by atoms with Crippen molar-refractivity contribution in [2.45, 2.75) is 25.8 Å². The number of imide groups is 1. The molecule has 0 aromatic heterocycles. The number of carbonyl (C=O) groups is 3. The summed E-state index contributed by atoms with van der Waals surface area (Å²) in [4.78, 5) is 52.0. The molecule has 3 amide bonds. The number of nitro groups is 1. The first kappa shape index (κ1) is 22.8. The number of nitrogens with zero attached hydrogens (tertiary/aromatic N) is 2. The van der Waals surface area contributed by atoms with Crippen molar-refractivity contribution in [2.24, 2.45) is 23.7 Å². The number of methoxy groups -OCH3 is 1. The van der Waals surface area contributed by atoms with E-state index in [-0.39, 0.29) is 59.0 Å². The van der Waals surface area contributed by atoms with Gasteiger partial charge in [0.05, 0.1) is 42.0 Å². The maximum atomic E-state index is 13.5. The molecular weight excluding hydrogens is 450 g/mol. The van der Waals surface area contributed by atoms with Crippen molar-refractivity contribution in [1.29, 1.82) is 0 Å². The number of allylic oxidation sites excluding steroid dienone is 2. The molecule has 2 aromatic carbocycles. The molecule has 5 unspecified atom stereocenters. The number of fused-ring (bicyclic) bond motifs is 5. The minimum Gasteiger partial charge on any atom is -0.495 e. The van der Waals surface area contributed by atoms with Gasteiger partial charge in [0.2, 0.25) is 17.7 Å². The van der Waals surface area contributed by atoms with E-state index < -0.39 is 16.9 Å². The van der Waals surface area contributed by atoms with Crippen LogP contribution < -0.4 is 10.1 Å². The highest BCUT2D eigenvalue weighted by Gasteiger charge is 2.60. The lowest BCUT2D eigenvalue weighted by Crippen LogP contribution is -2.38. The molecule has 1 N–H and O–H groups in total. The third kappa shape index (κ3) is 3.86. The highest BCUT2D eigenvalue weighted by molar-refractivity contribution is 6.07. The van der Waals surface area contributed by atoms with Gasteiger partial charge >= 0.3 is 0 Å². The van der Waals surface area contributed by atoms with Gasteiger partial charge in [-0.15, -0.1) is 0 Å². The minimum absolute atomic E-state index is 0.0630. The lowest BCUT2D eigenvalue weighted by atomic mass is 9.85. The number of non-ortho nitro benzene ring substituents is 1. The Morgan fingerprint density at radius 3 is 2.31 bits per heavy atom. The smallest absolute Gasteiger partial charge is 0.271 e. The molecule has 9 heteroatoms. The van der Waals surface area contributed by atoms with Gasteiger partial charge < -0.3 is 10.1 Å². The summed E-state index contributed by atoms with van der Waals surface area (Å²) in [6, 6.07) is 10.5. The summed E-state index contributed by atoms with van der Waals surface area (Å²) in [6.07, 6.45) is 4.70. The fourth-order valence-electron chi connectivity index (χ4n) is 5.66. The number of nitro benzene ring substituents is 1. The molecule has 35 heavy (non-hydrogen) atoms. The quantitative estimate of drug-likeness (QED) is 0.282. The molecule has 1 saturated heterocycles. The third-order valence-corrected chi connectivity index (χ3v) is 7.32. The monoisotopic (exact) mass is 475 g/mol. The molecule has 2 aromatic rings. The van der Waals surface area contributed by atoms with Crippen LogP contribution in [0.1, 0.15) is 30.0 Å². The zero-order valence-corrected chi connectivity index (χ0v) is 19.3. The molecule has 2 bridgehead atoms. The maximum absolute atomic E-state index is 13.5. The van der Waals surface area contributed by atoms with E-state index in [4.69, 9.17) is 4.74 Å². The van der Waals surface area contributed by atoms with Gasteiger partial charge in [-0.2, -0.15) is 0 Å². The first-order valence-corrected chi connectivity index (χ1v) is 11.5.